The monoisotopic (exact) mass is 574 g/mol. The molecule has 2 N–H and O–H groups in total. The Morgan fingerprint density at radius 3 is 1.95 bits per heavy atom. The fourth-order valence-corrected chi connectivity index (χ4v) is 4.06. The van der Waals surface area contributed by atoms with Crippen LogP contribution in [0.25, 0.3) is 0 Å². The third kappa shape index (κ3) is 27.6. The lowest BCUT2D eigenvalue weighted by Crippen LogP contribution is -2.29. The van der Waals surface area contributed by atoms with Gasteiger partial charge in [-0.25, -0.2) is 4.57 Å². The highest BCUT2D eigenvalue weighted by atomic mass is 31.2. The van der Waals surface area contributed by atoms with Crippen molar-refractivity contribution in [2.45, 2.75) is 129 Å². The van der Waals surface area contributed by atoms with Crippen LogP contribution in [0, 0.1) is 0 Å². The van der Waals surface area contributed by atoms with Gasteiger partial charge in [-0.05, 0) is 38.2 Å². The van der Waals surface area contributed by atoms with E-state index < -0.39 is 32.5 Å². The number of carbonyl (C=O) groups is 3. The lowest BCUT2D eigenvalue weighted by molar-refractivity contribution is -0.161. The highest BCUT2D eigenvalue weighted by molar-refractivity contribution is 7.46. The molecule has 1 atom stereocenters. The van der Waals surface area contributed by atoms with Gasteiger partial charge in [-0.2, -0.15) is 0 Å². The molecule has 0 aliphatic carbocycles. The summed E-state index contributed by atoms with van der Waals surface area (Å²) in [6, 6.07) is 0. The van der Waals surface area contributed by atoms with Crippen molar-refractivity contribution < 1.29 is 42.7 Å². The number of phosphoric acid groups is 1. The van der Waals surface area contributed by atoms with E-state index in [1.165, 1.54) is 0 Å². The van der Waals surface area contributed by atoms with Crippen LogP contribution in [0.2, 0.25) is 0 Å². The second kappa shape index (κ2) is 25.2. The Labute approximate surface area is 235 Å². The first-order valence-electron chi connectivity index (χ1n) is 14.6. The van der Waals surface area contributed by atoms with Crippen molar-refractivity contribution in [2.75, 3.05) is 13.2 Å². The first kappa shape index (κ1) is 37.2. The van der Waals surface area contributed by atoms with Gasteiger partial charge in [0.15, 0.2) is 11.9 Å². The highest BCUT2D eigenvalue weighted by Crippen LogP contribution is 2.35. The molecule has 0 aliphatic rings. The summed E-state index contributed by atoms with van der Waals surface area (Å²) in [6.07, 6.45) is 20.8. The molecule has 0 spiro atoms. The van der Waals surface area contributed by atoms with Crippen molar-refractivity contribution in [3.05, 3.63) is 24.3 Å². The average molecular weight is 575 g/mol. The largest absolute Gasteiger partial charge is 0.469 e. The van der Waals surface area contributed by atoms with Crippen LogP contribution in [-0.2, 0) is 32.9 Å². The number of carbonyl (C=O) groups excluding carboxylic acids is 3. The normalized spacial score (nSPS) is 12.7. The minimum Gasteiger partial charge on any atom is -0.462 e. The molecule has 226 valence electrons. The van der Waals surface area contributed by atoms with E-state index in [-0.39, 0.29) is 25.2 Å². The number of ether oxygens (including phenoxy) is 2. The van der Waals surface area contributed by atoms with Gasteiger partial charge in [0.25, 0.3) is 0 Å². The van der Waals surface area contributed by atoms with Crippen LogP contribution in [0.15, 0.2) is 24.3 Å². The Kier molecular flexibility index (Phi) is 24.0. The average Bonchev–Trinajstić information content (AvgIpc) is 2.88. The van der Waals surface area contributed by atoms with E-state index >= 15 is 0 Å². The number of ketones is 1. The van der Waals surface area contributed by atoms with Gasteiger partial charge >= 0.3 is 19.8 Å². The summed E-state index contributed by atoms with van der Waals surface area (Å²) in [5.41, 5.74) is 0. The Morgan fingerprint density at radius 1 is 0.718 bits per heavy atom. The molecule has 10 heteroatoms. The van der Waals surface area contributed by atoms with Crippen LogP contribution in [0.4, 0.5) is 0 Å². The number of allylic oxidation sites excluding steroid dienone is 4. The quantitative estimate of drug-likeness (QED) is 0.0371. The summed E-state index contributed by atoms with van der Waals surface area (Å²) < 4.78 is 25.9. The van der Waals surface area contributed by atoms with E-state index in [0.29, 0.717) is 19.3 Å². The molecule has 0 aromatic heterocycles. The predicted molar refractivity (Wildman–Crippen MR) is 152 cm³/mol. The Morgan fingerprint density at radius 2 is 1.28 bits per heavy atom. The molecule has 39 heavy (non-hydrogen) atoms. The van der Waals surface area contributed by atoms with Gasteiger partial charge in [0.1, 0.15) is 6.61 Å². The zero-order valence-corrected chi connectivity index (χ0v) is 24.9. The molecule has 0 amide bonds. The molecule has 0 bridgehead atoms. The molecule has 0 rings (SSSR count). The molecule has 9 nitrogen and oxygen atoms in total. The van der Waals surface area contributed by atoms with Crippen LogP contribution in [-0.4, -0.2) is 46.8 Å². The summed E-state index contributed by atoms with van der Waals surface area (Å²) in [5.74, 6) is -0.792. The molecular weight excluding hydrogens is 523 g/mol. The second-order valence-corrected chi connectivity index (χ2v) is 11.0. The SMILES string of the molecule is CCCCCCCC(=O)O[C@H](COC(=O)CCCCCCC/C=C\C=C\C(=O)CCCCC)COP(=O)(O)O. The maximum atomic E-state index is 12.1. The van der Waals surface area contributed by atoms with Crippen LogP contribution in [0.1, 0.15) is 123 Å². The third-order valence-electron chi connectivity index (χ3n) is 5.95. The maximum Gasteiger partial charge on any atom is 0.469 e. The zero-order valence-electron chi connectivity index (χ0n) is 24.0. The van der Waals surface area contributed by atoms with Crippen LogP contribution < -0.4 is 0 Å². The maximum absolute atomic E-state index is 12.1. The van der Waals surface area contributed by atoms with Gasteiger partial charge in [-0.3, -0.25) is 18.9 Å². The van der Waals surface area contributed by atoms with Gasteiger partial charge in [-0.15, -0.1) is 0 Å². The van der Waals surface area contributed by atoms with Gasteiger partial charge in [0, 0.05) is 19.3 Å². The summed E-state index contributed by atoms with van der Waals surface area (Å²) in [6.45, 7) is 3.35. The topological polar surface area (TPSA) is 136 Å². The molecule has 0 aromatic rings. The van der Waals surface area contributed by atoms with Crippen molar-refractivity contribution >= 4 is 25.5 Å². The molecule has 0 radical (unpaired) electrons. The molecule has 0 aromatic carbocycles. The van der Waals surface area contributed by atoms with Crippen molar-refractivity contribution in [1.29, 1.82) is 0 Å². The van der Waals surface area contributed by atoms with Crippen molar-refractivity contribution in [3.8, 4) is 0 Å². The van der Waals surface area contributed by atoms with E-state index in [0.717, 1.165) is 77.0 Å². The Hall–Kier alpha value is -1.80. The Bertz CT molecular complexity index is 758. The minimum absolute atomic E-state index is 0.172. The van der Waals surface area contributed by atoms with Crippen LogP contribution in [0.3, 0.4) is 0 Å². The number of esters is 2. The number of phosphoric ester groups is 1. The summed E-state index contributed by atoms with van der Waals surface area (Å²) >= 11 is 0. The standard InChI is InChI=1S/C29H51O9P/c1-3-5-7-13-19-23-29(32)38-27(25-37-39(33,34)35)24-36-28(31)22-18-15-12-10-8-9-11-14-17-21-26(30)20-16-6-4-2/h11,14,17,21,27H,3-10,12-13,15-16,18-20,22-25H2,1-2H3,(H2,33,34,35)/b14-11-,21-17+/t27-/m1/s1. The van der Waals surface area contributed by atoms with Crippen molar-refractivity contribution in [1.82, 2.24) is 0 Å². The predicted octanol–water partition coefficient (Wildman–Crippen LogP) is 6.90. The minimum atomic E-state index is -4.75. The summed E-state index contributed by atoms with van der Waals surface area (Å²) in [7, 11) is -4.75. The fourth-order valence-electron chi connectivity index (χ4n) is 3.70. The van der Waals surface area contributed by atoms with Gasteiger partial charge < -0.3 is 19.3 Å². The number of hydrogen-bond donors (Lipinski definition) is 2. The first-order valence-corrected chi connectivity index (χ1v) is 16.1. The van der Waals surface area contributed by atoms with Crippen molar-refractivity contribution in [3.63, 3.8) is 0 Å². The lowest BCUT2D eigenvalue weighted by Gasteiger charge is -2.18. The number of rotatable bonds is 26. The highest BCUT2D eigenvalue weighted by Gasteiger charge is 2.22. The second-order valence-electron chi connectivity index (χ2n) is 9.76. The smallest absolute Gasteiger partial charge is 0.462 e. The number of unbranched alkanes of at least 4 members (excludes halogenated alkanes) is 11. The van der Waals surface area contributed by atoms with E-state index in [9.17, 15) is 18.9 Å². The number of hydrogen-bond acceptors (Lipinski definition) is 7. The van der Waals surface area contributed by atoms with E-state index in [1.54, 1.807) is 12.2 Å². The van der Waals surface area contributed by atoms with Crippen LogP contribution >= 0.6 is 7.82 Å². The molecule has 0 unspecified atom stereocenters. The lowest BCUT2D eigenvalue weighted by atomic mass is 10.1. The van der Waals surface area contributed by atoms with E-state index in [4.69, 9.17) is 19.3 Å². The van der Waals surface area contributed by atoms with E-state index in [2.05, 4.69) is 24.4 Å². The molecule has 0 heterocycles. The van der Waals surface area contributed by atoms with E-state index in [1.807, 2.05) is 6.08 Å². The van der Waals surface area contributed by atoms with Gasteiger partial charge in [-0.1, -0.05) is 89.9 Å². The van der Waals surface area contributed by atoms with Crippen molar-refractivity contribution in [2.24, 2.45) is 0 Å². The summed E-state index contributed by atoms with van der Waals surface area (Å²) in [5, 5.41) is 0. The Balaban J connectivity index is 4.06. The zero-order chi connectivity index (χ0) is 29.2. The van der Waals surface area contributed by atoms with Gasteiger partial charge in [0.2, 0.25) is 0 Å². The first-order chi connectivity index (χ1) is 18.7. The molecular formula is C29H51O9P. The third-order valence-corrected chi connectivity index (χ3v) is 6.43. The van der Waals surface area contributed by atoms with Gasteiger partial charge in [0.05, 0.1) is 6.61 Å². The summed E-state index contributed by atoms with van der Waals surface area (Å²) in [4.78, 5) is 53.6. The van der Waals surface area contributed by atoms with Crippen LogP contribution in [0.5, 0.6) is 0 Å². The molecule has 0 aliphatic heterocycles. The fraction of sp³-hybridized carbons (Fsp3) is 0.759. The molecule has 0 fully saturated rings. The molecule has 0 saturated carbocycles. The molecule has 0 saturated heterocycles.